The van der Waals surface area contributed by atoms with Gasteiger partial charge in [0, 0.05) is 6.04 Å². The van der Waals surface area contributed by atoms with Crippen molar-refractivity contribution < 1.29 is 9.47 Å². The lowest BCUT2D eigenvalue weighted by molar-refractivity contribution is 0.281. The van der Waals surface area contributed by atoms with Crippen LogP contribution in [0.3, 0.4) is 0 Å². The summed E-state index contributed by atoms with van der Waals surface area (Å²) < 4.78 is 11.1. The Morgan fingerprint density at radius 2 is 2.10 bits per heavy atom. The number of ether oxygens (including phenoxy) is 2. The van der Waals surface area contributed by atoms with Crippen LogP contribution in [-0.2, 0) is 6.42 Å². The molecule has 0 amide bonds. The molecule has 4 nitrogen and oxygen atoms in total. The van der Waals surface area contributed by atoms with Crippen LogP contribution in [0.5, 0.6) is 11.5 Å². The highest BCUT2D eigenvalue weighted by Crippen LogP contribution is 2.26. The molecule has 0 spiro atoms. The first-order valence-corrected chi connectivity index (χ1v) is 7.34. The van der Waals surface area contributed by atoms with Crippen molar-refractivity contribution in [3.05, 3.63) is 23.8 Å². The van der Waals surface area contributed by atoms with E-state index >= 15 is 0 Å². The molecule has 1 atom stereocenters. The fourth-order valence-corrected chi connectivity index (χ4v) is 2.08. The number of nitrogens with two attached hydrogens (primary N) is 1. The first-order chi connectivity index (χ1) is 9.88. The van der Waals surface area contributed by atoms with Gasteiger partial charge in [-0.1, -0.05) is 0 Å². The highest BCUT2D eigenvalue weighted by atomic mass is 16.5. The van der Waals surface area contributed by atoms with Gasteiger partial charge in [-0.3, -0.25) is 0 Å². The average Bonchev–Trinajstić information content (AvgIpc) is 2.44. The van der Waals surface area contributed by atoms with Gasteiger partial charge in [-0.25, -0.2) is 0 Å². The molecule has 2 N–H and O–H groups in total. The van der Waals surface area contributed by atoms with E-state index in [1.165, 1.54) is 0 Å². The molecule has 4 heteroatoms. The molecule has 0 saturated carbocycles. The van der Waals surface area contributed by atoms with Gasteiger partial charge in [-0.2, -0.15) is 5.26 Å². The zero-order valence-corrected chi connectivity index (χ0v) is 13.5. The van der Waals surface area contributed by atoms with Crippen molar-refractivity contribution in [2.45, 2.75) is 46.1 Å². The first kappa shape index (κ1) is 17.3. The molecule has 1 aromatic rings. The summed E-state index contributed by atoms with van der Waals surface area (Å²) in [7, 11) is 1.65. The van der Waals surface area contributed by atoms with Crippen LogP contribution in [-0.4, -0.2) is 19.8 Å². The quantitative estimate of drug-likeness (QED) is 0.746. The number of nitrogens with zero attached hydrogens (tertiary/aromatic N) is 1. The number of methoxy groups -OCH3 is 1. The van der Waals surface area contributed by atoms with Gasteiger partial charge in [0.15, 0.2) is 0 Å². The molecule has 0 bridgehead atoms. The zero-order chi connectivity index (χ0) is 15.9. The van der Waals surface area contributed by atoms with Gasteiger partial charge >= 0.3 is 0 Å². The van der Waals surface area contributed by atoms with Crippen molar-refractivity contribution >= 4 is 0 Å². The number of nitriles is 1. The third-order valence-electron chi connectivity index (χ3n) is 3.32. The third kappa shape index (κ3) is 6.05. The fourth-order valence-electron chi connectivity index (χ4n) is 2.08. The Hall–Kier alpha value is -1.73. The summed E-state index contributed by atoms with van der Waals surface area (Å²) >= 11 is 0. The van der Waals surface area contributed by atoms with Gasteiger partial charge in [-0.15, -0.1) is 0 Å². The minimum absolute atomic E-state index is 0.0666. The molecule has 0 aliphatic rings. The first-order valence-electron chi connectivity index (χ1n) is 7.34. The molecule has 1 aromatic carbocycles. The molecule has 21 heavy (non-hydrogen) atoms. The molecular weight excluding hydrogens is 264 g/mol. The summed E-state index contributed by atoms with van der Waals surface area (Å²) in [4.78, 5) is 0. The minimum Gasteiger partial charge on any atom is -0.497 e. The molecule has 0 aliphatic heterocycles. The van der Waals surface area contributed by atoms with Crippen LogP contribution in [0.2, 0.25) is 0 Å². The van der Waals surface area contributed by atoms with E-state index in [0.717, 1.165) is 36.3 Å². The summed E-state index contributed by atoms with van der Waals surface area (Å²) in [5, 5.41) is 8.99. The molecule has 1 rings (SSSR count). The predicted molar refractivity (Wildman–Crippen MR) is 84.5 cm³/mol. The van der Waals surface area contributed by atoms with E-state index in [2.05, 4.69) is 6.07 Å². The number of hydrogen-bond donors (Lipinski definition) is 1. The molecule has 0 radical (unpaired) electrons. The van der Waals surface area contributed by atoms with Gasteiger partial charge in [0.05, 0.1) is 25.2 Å². The lowest BCUT2D eigenvalue weighted by Crippen LogP contribution is -2.18. The van der Waals surface area contributed by atoms with Crippen molar-refractivity contribution in [2.24, 2.45) is 11.1 Å². The molecule has 116 valence electrons. The van der Waals surface area contributed by atoms with Gasteiger partial charge < -0.3 is 15.2 Å². The maximum atomic E-state index is 8.99. The summed E-state index contributed by atoms with van der Waals surface area (Å²) in [5.41, 5.74) is 6.65. The number of benzene rings is 1. The van der Waals surface area contributed by atoms with E-state index in [-0.39, 0.29) is 11.5 Å². The van der Waals surface area contributed by atoms with Crippen molar-refractivity contribution in [1.29, 1.82) is 5.26 Å². The predicted octanol–water partition coefficient (Wildman–Crippen LogP) is 3.29. The van der Waals surface area contributed by atoms with E-state index < -0.39 is 0 Å². The Kier molecular flexibility index (Phi) is 6.51. The van der Waals surface area contributed by atoms with E-state index in [1.54, 1.807) is 7.11 Å². The minimum atomic E-state index is -0.294. The van der Waals surface area contributed by atoms with Gasteiger partial charge in [0.2, 0.25) is 0 Å². The van der Waals surface area contributed by atoms with Crippen molar-refractivity contribution in [3.8, 4) is 17.6 Å². The second-order valence-electron chi connectivity index (χ2n) is 6.10. The van der Waals surface area contributed by atoms with Gasteiger partial charge in [0.1, 0.15) is 11.5 Å². The molecule has 0 aliphatic carbocycles. The second-order valence-corrected chi connectivity index (χ2v) is 6.10. The van der Waals surface area contributed by atoms with Crippen molar-refractivity contribution in [2.75, 3.05) is 13.7 Å². The highest BCUT2D eigenvalue weighted by molar-refractivity contribution is 5.40. The monoisotopic (exact) mass is 290 g/mol. The molecular formula is C17H26N2O2. The maximum Gasteiger partial charge on any atom is 0.122 e. The van der Waals surface area contributed by atoms with Crippen LogP contribution < -0.4 is 15.2 Å². The Morgan fingerprint density at radius 1 is 1.38 bits per heavy atom. The van der Waals surface area contributed by atoms with E-state index in [0.29, 0.717) is 6.61 Å². The summed E-state index contributed by atoms with van der Waals surface area (Å²) in [5.74, 6) is 1.66. The second kappa shape index (κ2) is 7.90. The molecule has 0 aromatic heterocycles. The Morgan fingerprint density at radius 3 is 2.67 bits per heavy atom. The van der Waals surface area contributed by atoms with Gasteiger partial charge in [-0.05, 0) is 63.8 Å². The SMILES string of the molecule is COc1ccc(OCCCC(C)(C)C#N)c(CC(C)N)c1. The molecule has 0 heterocycles. The van der Waals surface area contributed by atoms with Crippen LogP contribution in [0, 0.1) is 16.7 Å². The van der Waals surface area contributed by atoms with E-state index in [4.69, 9.17) is 20.5 Å². The number of rotatable bonds is 8. The fraction of sp³-hybridized carbons (Fsp3) is 0.588. The average molecular weight is 290 g/mol. The van der Waals surface area contributed by atoms with Crippen LogP contribution in [0.1, 0.15) is 39.2 Å². The topological polar surface area (TPSA) is 68.3 Å². The van der Waals surface area contributed by atoms with E-state index in [9.17, 15) is 0 Å². The maximum absolute atomic E-state index is 8.99. The van der Waals surface area contributed by atoms with E-state index in [1.807, 2.05) is 39.0 Å². The molecule has 1 unspecified atom stereocenters. The Labute approximate surface area is 127 Å². The Bertz CT molecular complexity index is 490. The summed E-state index contributed by atoms with van der Waals surface area (Å²) in [6.07, 6.45) is 2.42. The van der Waals surface area contributed by atoms with Crippen LogP contribution in [0.25, 0.3) is 0 Å². The lowest BCUT2D eigenvalue weighted by Gasteiger charge is -2.17. The van der Waals surface area contributed by atoms with Crippen LogP contribution in [0.15, 0.2) is 18.2 Å². The van der Waals surface area contributed by atoms with Crippen LogP contribution >= 0.6 is 0 Å². The van der Waals surface area contributed by atoms with Gasteiger partial charge in [0.25, 0.3) is 0 Å². The van der Waals surface area contributed by atoms with Crippen LogP contribution in [0.4, 0.5) is 0 Å². The third-order valence-corrected chi connectivity index (χ3v) is 3.32. The lowest BCUT2D eigenvalue weighted by atomic mass is 9.90. The molecule has 0 saturated heterocycles. The normalized spacial score (nSPS) is 12.6. The summed E-state index contributed by atoms with van der Waals surface area (Å²) in [6, 6.07) is 8.15. The standard InChI is InChI=1S/C17H26N2O2/c1-13(19)10-14-11-15(20-4)6-7-16(14)21-9-5-8-17(2,3)12-18/h6-7,11,13H,5,8-10,19H2,1-4H3. The van der Waals surface area contributed by atoms with Crippen molar-refractivity contribution in [3.63, 3.8) is 0 Å². The largest absolute Gasteiger partial charge is 0.497 e. The molecule has 0 fully saturated rings. The summed E-state index contributed by atoms with van der Waals surface area (Å²) in [6.45, 7) is 6.46. The van der Waals surface area contributed by atoms with Crippen molar-refractivity contribution in [1.82, 2.24) is 0 Å². The smallest absolute Gasteiger partial charge is 0.122 e. The number of hydrogen-bond acceptors (Lipinski definition) is 4. The highest BCUT2D eigenvalue weighted by Gasteiger charge is 2.16. The zero-order valence-electron chi connectivity index (χ0n) is 13.5. The Balaban J connectivity index is 2.63.